The summed E-state index contributed by atoms with van der Waals surface area (Å²) in [5.74, 6) is 0.919. The summed E-state index contributed by atoms with van der Waals surface area (Å²) in [6, 6.07) is 11.0. The number of amides is 1. The molecule has 1 amide bonds. The van der Waals surface area contributed by atoms with Gasteiger partial charge in [0.25, 0.3) is 5.91 Å². The number of nitrogens with zero attached hydrogens (tertiary/aromatic N) is 1. The minimum atomic E-state index is -0.258. The van der Waals surface area contributed by atoms with Crippen molar-refractivity contribution in [3.05, 3.63) is 58.7 Å². The minimum absolute atomic E-state index is 0.258. The highest BCUT2D eigenvalue weighted by Gasteiger charge is 2.08. The highest BCUT2D eigenvalue weighted by atomic mass is 16.5. The molecule has 5 nitrogen and oxygen atoms in total. The van der Waals surface area contributed by atoms with Crippen LogP contribution in [-0.4, -0.2) is 26.3 Å². The summed E-state index contributed by atoms with van der Waals surface area (Å²) in [7, 11) is 3.13. The average molecular weight is 312 g/mol. The fourth-order valence-electron chi connectivity index (χ4n) is 2.12. The zero-order valence-corrected chi connectivity index (χ0v) is 13.7. The van der Waals surface area contributed by atoms with E-state index in [4.69, 9.17) is 9.47 Å². The molecule has 0 atom stereocenters. The summed E-state index contributed by atoms with van der Waals surface area (Å²) >= 11 is 0. The summed E-state index contributed by atoms with van der Waals surface area (Å²) in [6.45, 7) is 3.97. The van der Waals surface area contributed by atoms with Gasteiger partial charge in [-0.2, -0.15) is 5.10 Å². The molecule has 2 rings (SSSR count). The Balaban J connectivity index is 2.12. The maximum absolute atomic E-state index is 12.1. The number of carbonyl (C=O) groups excluding carboxylic acids is 1. The third kappa shape index (κ3) is 3.88. The standard InChI is InChI=1S/C18H20N2O3/c1-12-8-9-14(10-13(12)2)18(21)20-19-11-15-6-5-7-16(22-3)17(15)23-4/h5-11H,1-4H3,(H,20,21)/b19-11+. The molecule has 2 aromatic rings. The number of rotatable bonds is 5. The molecule has 2 aromatic carbocycles. The van der Waals surface area contributed by atoms with Gasteiger partial charge < -0.3 is 9.47 Å². The molecule has 0 heterocycles. The van der Waals surface area contributed by atoms with Crippen molar-refractivity contribution in [2.75, 3.05) is 14.2 Å². The van der Waals surface area contributed by atoms with E-state index in [2.05, 4.69) is 10.5 Å². The van der Waals surface area contributed by atoms with Crippen LogP contribution in [0.2, 0.25) is 0 Å². The Morgan fingerprint density at radius 3 is 2.52 bits per heavy atom. The summed E-state index contributed by atoms with van der Waals surface area (Å²) in [5, 5.41) is 3.99. The molecule has 120 valence electrons. The van der Waals surface area contributed by atoms with Gasteiger partial charge in [0.1, 0.15) is 0 Å². The normalized spacial score (nSPS) is 10.6. The minimum Gasteiger partial charge on any atom is -0.493 e. The Bertz CT molecular complexity index is 739. The number of nitrogens with one attached hydrogen (secondary N) is 1. The van der Waals surface area contributed by atoms with Crippen LogP contribution in [-0.2, 0) is 0 Å². The summed E-state index contributed by atoms with van der Waals surface area (Å²) in [6.07, 6.45) is 1.53. The number of ether oxygens (including phenoxy) is 2. The fourth-order valence-corrected chi connectivity index (χ4v) is 2.12. The Morgan fingerprint density at radius 1 is 1.09 bits per heavy atom. The number of methoxy groups -OCH3 is 2. The lowest BCUT2D eigenvalue weighted by Crippen LogP contribution is -2.17. The first-order valence-corrected chi connectivity index (χ1v) is 7.18. The predicted octanol–water partition coefficient (Wildman–Crippen LogP) is 3.08. The monoisotopic (exact) mass is 312 g/mol. The predicted molar refractivity (Wildman–Crippen MR) is 90.5 cm³/mol. The SMILES string of the molecule is COc1cccc(/C=N/NC(=O)c2ccc(C)c(C)c2)c1OC. The van der Waals surface area contributed by atoms with Crippen LogP contribution in [0.3, 0.4) is 0 Å². The van der Waals surface area contributed by atoms with Crippen LogP contribution in [0.5, 0.6) is 11.5 Å². The molecular weight excluding hydrogens is 292 g/mol. The molecule has 0 unspecified atom stereocenters. The second-order valence-corrected chi connectivity index (χ2v) is 5.08. The quantitative estimate of drug-likeness (QED) is 0.682. The average Bonchev–Trinajstić information content (AvgIpc) is 2.56. The van der Waals surface area contributed by atoms with Crippen LogP contribution < -0.4 is 14.9 Å². The molecule has 5 heteroatoms. The smallest absolute Gasteiger partial charge is 0.271 e. The summed E-state index contributed by atoms with van der Waals surface area (Å²) in [4.78, 5) is 12.1. The highest BCUT2D eigenvalue weighted by molar-refractivity contribution is 5.95. The third-order valence-electron chi connectivity index (χ3n) is 3.57. The molecule has 0 saturated carbocycles. The number of hydrogen-bond acceptors (Lipinski definition) is 4. The Hall–Kier alpha value is -2.82. The van der Waals surface area contributed by atoms with Crippen LogP contribution in [0.4, 0.5) is 0 Å². The molecular formula is C18H20N2O3. The molecule has 0 aliphatic heterocycles. The van der Waals surface area contributed by atoms with Crippen LogP contribution in [0, 0.1) is 13.8 Å². The molecule has 0 radical (unpaired) electrons. The molecule has 0 saturated heterocycles. The van der Waals surface area contributed by atoms with Gasteiger partial charge >= 0.3 is 0 Å². The Kier molecular flexibility index (Phi) is 5.36. The Labute approximate surface area is 135 Å². The van der Waals surface area contributed by atoms with E-state index in [0.29, 0.717) is 22.6 Å². The van der Waals surface area contributed by atoms with Crippen molar-refractivity contribution in [1.29, 1.82) is 0 Å². The van der Waals surface area contributed by atoms with Crippen molar-refractivity contribution in [2.24, 2.45) is 5.10 Å². The highest BCUT2D eigenvalue weighted by Crippen LogP contribution is 2.29. The zero-order chi connectivity index (χ0) is 16.8. The zero-order valence-electron chi connectivity index (χ0n) is 13.7. The number of carbonyl (C=O) groups is 1. The van der Waals surface area contributed by atoms with E-state index in [0.717, 1.165) is 11.1 Å². The first-order valence-electron chi connectivity index (χ1n) is 7.18. The van der Waals surface area contributed by atoms with Crippen molar-refractivity contribution < 1.29 is 14.3 Å². The maximum Gasteiger partial charge on any atom is 0.271 e. The fraction of sp³-hybridized carbons (Fsp3) is 0.222. The lowest BCUT2D eigenvalue weighted by Gasteiger charge is -2.09. The van der Waals surface area contributed by atoms with Gasteiger partial charge in [-0.1, -0.05) is 12.1 Å². The third-order valence-corrected chi connectivity index (χ3v) is 3.57. The van der Waals surface area contributed by atoms with Gasteiger partial charge in [0.15, 0.2) is 11.5 Å². The summed E-state index contributed by atoms with van der Waals surface area (Å²) in [5.41, 5.74) is 6.01. The van der Waals surface area contributed by atoms with Crippen LogP contribution in [0.1, 0.15) is 27.0 Å². The summed E-state index contributed by atoms with van der Waals surface area (Å²) < 4.78 is 10.5. The molecule has 0 fully saturated rings. The van der Waals surface area contributed by atoms with Crippen LogP contribution in [0.25, 0.3) is 0 Å². The van der Waals surface area contributed by atoms with E-state index >= 15 is 0 Å². The van der Waals surface area contributed by atoms with E-state index in [9.17, 15) is 4.79 Å². The van der Waals surface area contributed by atoms with Crippen molar-refractivity contribution in [1.82, 2.24) is 5.43 Å². The Morgan fingerprint density at radius 2 is 1.87 bits per heavy atom. The second kappa shape index (κ2) is 7.45. The number of hydrogen-bond donors (Lipinski definition) is 1. The maximum atomic E-state index is 12.1. The lowest BCUT2D eigenvalue weighted by atomic mass is 10.1. The number of benzene rings is 2. The molecule has 0 aliphatic carbocycles. The van der Waals surface area contributed by atoms with Gasteiger partial charge in [-0.15, -0.1) is 0 Å². The van der Waals surface area contributed by atoms with Gasteiger partial charge in [-0.05, 0) is 49.2 Å². The molecule has 0 aliphatic rings. The largest absolute Gasteiger partial charge is 0.493 e. The first kappa shape index (κ1) is 16.5. The van der Waals surface area contributed by atoms with E-state index in [1.165, 1.54) is 6.21 Å². The number of para-hydroxylation sites is 1. The lowest BCUT2D eigenvalue weighted by molar-refractivity contribution is 0.0955. The van der Waals surface area contributed by atoms with Crippen molar-refractivity contribution in [3.8, 4) is 11.5 Å². The van der Waals surface area contributed by atoms with Gasteiger partial charge in [0.05, 0.1) is 20.4 Å². The topological polar surface area (TPSA) is 59.9 Å². The first-order chi connectivity index (χ1) is 11.1. The van der Waals surface area contributed by atoms with Crippen molar-refractivity contribution >= 4 is 12.1 Å². The van der Waals surface area contributed by atoms with Crippen molar-refractivity contribution in [3.63, 3.8) is 0 Å². The van der Waals surface area contributed by atoms with Crippen molar-refractivity contribution in [2.45, 2.75) is 13.8 Å². The number of aryl methyl sites for hydroxylation is 2. The van der Waals surface area contributed by atoms with Gasteiger partial charge in [0.2, 0.25) is 0 Å². The van der Waals surface area contributed by atoms with E-state index < -0.39 is 0 Å². The van der Waals surface area contributed by atoms with E-state index in [-0.39, 0.29) is 5.91 Å². The second-order valence-electron chi connectivity index (χ2n) is 5.08. The van der Waals surface area contributed by atoms with Gasteiger partial charge in [0, 0.05) is 11.1 Å². The van der Waals surface area contributed by atoms with E-state index in [1.54, 1.807) is 26.4 Å². The van der Waals surface area contributed by atoms with Gasteiger partial charge in [-0.3, -0.25) is 4.79 Å². The van der Waals surface area contributed by atoms with E-state index in [1.807, 2.05) is 38.1 Å². The molecule has 0 spiro atoms. The van der Waals surface area contributed by atoms with Gasteiger partial charge in [-0.25, -0.2) is 5.43 Å². The molecule has 0 bridgehead atoms. The molecule has 1 N–H and O–H groups in total. The van der Waals surface area contributed by atoms with Crippen LogP contribution in [0.15, 0.2) is 41.5 Å². The number of hydrazone groups is 1. The molecule has 0 aromatic heterocycles. The molecule has 23 heavy (non-hydrogen) atoms. The van der Waals surface area contributed by atoms with Crippen LogP contribution >= 0.6 is 0 Å².